The van der Waals surface area contributed by atoms with E-state index in [0.717, 1.165) is 42.9 Å². The summed E-state index contributed by atoms with van der Waals surface area (Å²) in [7, 11) is 2.12. The van der Waals surface area contributed by atoms with Gasteiger partial charge in [0.2, 0.25) is 5.91 Å². The summed E-state index contributed by atoms with van der Waals surface area (Å²) in [6.07, 6.45) is 11.8. The first kappa shape index (κ1) is 20.7. The molecule has 0 bridgehead atoms. The number of aromatic nitrogens is 1. The summed E-state index contributed by atoms with van der Waals surface area (Å²) >= 11 is 0. The average Bonchev–Trinajstić information content (AvgIpc) is 3.14. The Kier molecular flexibility index (Phi) is 5.79. The largest absolute Gasteiger partial charge is 0.321 e. The SMILES string of the molecule is C#Cc1ccc(NC(=O)/C=C/C2=NC3(CCN(C)CC3)N=C2c2ccc(C)cc2)cn1. The van der Waals surface area contributed by atoms with E-state index >= 15 is 0 Å². The molecule has 4 rings (SSSR count). The second kappa shape index (κ2) is 8.66. The maximum absolute atomic E-state index is 12.5. The number of anilines is 1. The van der Waals surface area contributed by atoms with Crippen LogP contribution in [-0.4, -0.2) is 53.0 Å². The molecule has 1 saturated heterocycles. The number of hydrogen-bond donors (Lipinski definition) is 1. The number of benzene rings is 1. The van der Waals surface area contributed by atoms with Crippen LogP contribution >= 0.6 is 0 Å². The molecule has 1 N–H and O–H groups in total. The molecule has 156 valence electrons. The van der Waals surface area contributed by atoms with Crippen LogP contribution in [0, 0.1) is 19.3 Å². The van der Waals surface area contributed by atoms with E-state index in [0.29, 0.717) is 11.4 Å². The van der Waals surface area contributed by atoms with Crippen molar-refractivity contribution >= 4 is 23.0 Å². The van der Waals surface area contributed by atoms with Crippen LogP contribution in [-0.2, 0) is 4.79 Å². The lowest BCUT2D eigenvalue weighted by molar-refractivity contribution is -0.111. The smallest absolute Gasteiger partial charge is 0.248 e. The molecule has 3 heterocycles. The van der Waals surface area contributed by atoms with Crippen LogP contribution in [0.1, 0.15) is 29.7 Å². The van der Waals surface area contributed by atoms with Gasteiger partial charge in [-0.05, 0) is 32.2 Å². The predicted molar refractivity (Wildman–Crippen MR) is 125 cm³/mol. The Morgan fingerprint density at radius 2 is 1.90 bits per heavy atom. The highest BCUT2D eigenvalue weighted by Gasteiger charge is 2.38. The van der Waals surface area contributed by atoms with Gasteiger partial charge in [-0.2, -0.15) is 0 Å². The molecule has 2 aliphatic rings. The van der Waals surface area contributed by atoms with Gasteiger partial charge in [0, 0.05) is 37.6 Å². The Morgan fingerprint density at radius 1 is 1.16 bits per heavy atom. The van der Waals surface area contributed by atoms with Gasteiger partial charge in [-0.25, -0.2) is 4.98 Å². The highest BCUT2D eigenvalue weighted by Crippen LogP contribution is 2.33. The number of rotatable bonds is 4. The van der Waals surface area contributed by atoms with Gasteiger partial charge in [0.15, 0.2) is 5.66 Å². The zero-order valence-corrected chi connectivity index (χ0v) is 17.8. The lowest BCUT2D eigenvalue weighted by Crippen LogP contribution is -2.39. The molecule has 2 aliphatic heterocycles. The minimum absolute atomic E-state index is 0.259. The summed E-state index contributed by atoms with van der Waals surface area (Å²) in [5, 5.41) is 2.80. The van der Waals surface area contributed by atoms with Crippen molar-refractivity contribution in [1.29, 1.82) is 0 Å². The van der Waals surface area contributed by atoms with E-state index in [-0.39, 0.29) is 5.91 Å². The lowest BCUT2D eigenvalue weighted by atomic mass is 9.99. The van der Waals surface area contributed by atoms with Crippen molar-refractivity contribution < 1.29 is 4.79 Å². The molecule has 1 aromatic heterocycles. The molecule has 0 aliphatic carbocycles. The number of amides is 1. The Labute approximate surface area is 182 Å². The zero-order valence-electron chi connectivity index (χ0n) is 17.8. The van der Waals surface area contributed by atoms with Crippen molar-refractivity contribution in [2.45, 2.75) is 25.4 Å². The Balaban J connectivity index is 1.56. The van der Waals surface area contributed by atoms with E-state index in [2.05, 4.69) is 59.4 Å². The summed E-state index contributed by atoms with van der Waals surface area (Å²) in [6.45, 7) is 3.96. The molecule has 1 fully saturated rings. The van der Waals surface area contributed by atoms with Crippen LogP contribution in [0.15, 0.2) is 64.7 Å². The Bertz CT molecular complexity index is 1100. The normalized spacial score (nSPS) is 18.0. The molecule has 0 unspecified atom stereocenters. The molecule has 2 aromatic rings. The zero-order chi connectivity index (χ0) is 21.8. The van der Waals surface area contributed by atoms with Crippen molar-refractivity contribution in [3.8, 4) is 12.3 Å². The molecular formula is C25H25N5O. The lowest BCUT2D eigenvalue weighted by Gasteiger charge is -2.33. The van der Waals surface area contributed by atoms with Crippen LogP contribution in [0.4, 0.5) is 5.69 Å². The second-order valence-electron chi connectivity index (χ2n) is 8.01. The third-order valence-electron chi connectivity index (χ3n) is 5.58. The number of likely N-dealkylation sites (tertiary alicyclic amines) is 1. The fourth-order valence-corrected chi connectivity index (χ4v) is 3.70. The summed E-state index contributed by atoms with van der Waals surface area (Å²) in [4.78, 5) is 28.9. The van der Waals surface area contributed by atoms with Crippen molar-refractivity contribution in [2.24, 2.45) is 9.98 Å². The second-order valence-corrected chi connectivity index (χ2v) is 8.01. The van der Waals surface area contributed by atoms with Crippen molar-refractivity contribution in [1.82, 2.24) is 9.88 Å². The first-order chi connectivity index (χ1) is 15.0. The van der Waals surface area contributed by atoms with E-state index in [1.54, 1.807) is 24.4 Å². The molecule has 1 amide bonds. The van der Waals surface area contributed by atoms with Crippen molar-refractivity contribution in [2.75, 3.05) is 25.5 Å². The van der Waals surface area contributed by atoms with Gasteiger partial charge in [0.1, 0.15) is 5.69 Å². The number of nitrogens with one attached hydrogen (secondary N) is 1. The van der Waals surface area contributed by atoms with Gasteiger partial charge in [0.25, 0.3) is 0 Å². The highest BCUT2D eigenvalue weighted by atomic mass is 16.1. The topological polar surface area (TPSA) is 70.0 Å². The molecule has 0 saturated carbocycles. The standard InChI is InChI=1S/C25H25N5O/c1-4-20-9-10-21(17-26-20)27-23(31)12-11-22-24(19-7-5-18(2)6-8-19)29-25(28-22)13-15-30(3)16-14-25/h1,5-12,17H,13-16H2,2-3H3,(H,27,31)/b12-11+. The molecular weight excluding hydrogens is 386 g/mol. The number of pyridine rings is 1. The Hall–Kier alpha value is -3.56. The van der Waals surface area contributed by atoms with Gasteiger partial charge in [-0.1, -0.05) is 35.7 Å². The van der Waals surface area contributed by atoms with E-state index in [4.69, 9.17) is 16.4 Å². The summed E-state index contributed by atoms with van der Waals surface area (Å²) in [5.74, 6) is 2.20. The maximum atomic E-state index is 12.5. The number of carbonyl (C=O) groups is 1. The van der Waals surface area contributed by atoms with Gasteiger partial charge >= 0.3 is 0 Å². The maximum Gasteiger partial charge on any atom is 0.248 e. The van der Waals surface area contributed by atoms with Crippen LogP contribution in [0.25, 0.3) is 0 Å². The molecule has 0 atom stereocenters. The summed E-state index contributed by atoms with van der Waals surface area (Å²) < 4.78 is 0. The molecule has 31 heavy (non-hydrogen) atoms. The Morgan fingerprint density at radius 3 is 2.55 bits per heavy atom. The molecule has 1 aromatic carbocycles. The van der Waals surface area contributed by atoms with E-state index in [9.17, 15) is 4.79 Å². The van der Waals surface area contributed by atoms with E-state index < -0.39 is 5.66 Å². The first-order valence-corrected chi connectivity index (χ1v) is 10.3. The minimum Gasteiger partial charge on any atom is -0.321 e. The number of aryl methyl sites for hydroxylation is 1. The number of allylic oxidation sites excluding steroid dienone is 1. The number of nitrogens with zero attached hydrogens (tertiary/aromatic N) is 4. The van der Waals surface area contributed by atoms with Crippen molar-refractivity contribution in [3.05, 3.63) is 71.6 Å². The predicted octanol–water partition coefficient (Wildman–Crippen LogP) is 3.23. The average molecular weight is 412 g/mol. The van der Waals surface area contributed by atoms with Gasteiger partial charge in [0.05, 0.1) is 23.3 Å². The van der Waals surface area contributed by atoms with Crippen LogP contribution < -0.4 is 5.32 Å². The van der Waals surface area contributed by atoms with E-state index in [1.807, 2.05) is 0 Å². The molecule has 1 spiro atoms. The fraction of sp³-hybridized carbons (Fsp3) is 0.280. The molecule has 6 nitrogen and oxygen atoms in total. The quantitative estimate of drug-likeness (QED) is 0.620. The third-order valence-corrected chi connectivity index (χ3v) is 5.58. The fourth-order valence-electron chi connectivity index (χ4n) is 3.70. The van der Waals surface area contributed by atoms with E-state index in [1.165, 1.54) is 11.6 Å². The minimum atomic E-state index is -0.433. The summed E-state index contributed by atoms with van der Waals surface area (Å²) in [6, 6.07) is 11.7. The van der Waals surface area contributed by atoms with Crippen LogP contribution in [0.5, 0.6) is 0 Å². The number of hydrogen-bond acceptors (Lipinski definition) is 5. The summed E-state index contributed by atoms with van der Waals surface area (Å²) in [5.41, 5.74) is 4.46. The monoisotopic (exact) mass is 411 g/mol. The number of terminal acetylenes is 1. The van der Waals surface area contributed by atoms with Crippen molar-refractivity contribution in [3.63, 3.8) is 0 Å². The van der Waals surface area contributed by atoms with Gasteiger partial charge in [-0.15, -0.1) is 6.42 Å². The number of aliphatic imine (C=N–C) groups is 2. The highest BCUT2D eigenvalue weighted by molar-refractivity contribution is 6.53. The van der Waals surface area contributed by atoms with Crippen LogP contribution in [0.2, 0.25) is 0 Å². The molecule has 6 heteroatoms. The first-order valence-electron chi connectivity index (χ1n) is 10.3. The van der Waals surface area contributed by atoms with Gasteiger partial charge < -0.3 is 10.2 Å². The number of piperidine rings is 1. The number of carbonyl (C=O) groups excluding carboxylic acids is 1. The molecule has 0 radical (unpaired) electrons. The van der Waals surface area contributed by atoms with Gasteiger partial charge in [-0.3, -0.25) is 14.8 Å². The third kappa shape index (κ3) is 4.79. The van der Waals surface area contributed by atoms with Crippen LogP contribution in [0.3, 0.4) is 0 Å².